The zero-order valence-electron chi connectivity index (χ0n) is 13.4. The van der Waals surface area contributed by atoms with E-state index in [0.717, 1.165) is 11.4 Å². The number of halogens is 1. The summed E-state index contributed by atoms with van der Waals surface area (Å²) < 4.78 is 10.9. The molecule has 0 amide bonds. The maximum atomic E-state index is 6.29. The minimum atomic E-state index is -0.123. The van der Waals surface area contributed by atoms with Crippen LogP contribution in [0.4, 0.5) is 5.69 Å². The summed E-state index contributed by atoms with van der Waals surface area (Å²) in [6.07, 6.45) is 1.73. The minimum Gasteiger partial charge on any atom is -0.486 e. The first-order chi connectivity index (χ1) is 11.6. The molecule has 1 atom stereocenters. The smallest absolute Gasteiger partial charge is 0.248 e. The summed E-state index contributed by atoms with van der Waals surface area (Å²) in [4.78, 5) is 8.42. The second-order valence-corrected chi connectivity index (χ2v) is 5.71. The van der Waals surface area contributed by atoms with E-state index in [-0.39, 0.29) is 6.04 Å². The van der Waals surface area contributed by atoms with Crippen molar-refractivity contribution in [2.75, 3.05) is 5.32 Å². The van der Waals surface area contributed by atoms with Crippen molar-refractivity contribution in [1.82, 2.24) is 15.1 Å². The Morgan fingerprint density at radius 2 is 2.17 bits per heavy atom. The Labute approximate surface area is 144 Å². The van der Waals surface area contributed by atoms with Crippen molar-refractivity contribution in [3.63, 3.8) is 0 Å². The van der Waals surface area contributed by atoms with Gasteiger partial charge in [-0.2, -0.15) is 4.98 Å². The van der Waals surface area contributed by atoms with Crippen LogP contribution in [0.15, 0.2) is 47.1 Å². The fourth-order valence-corrected chi connectivity index (χ4v) is 2.38. The summed E-state index contributed by atoms with van der Waals surface area (Å²) >= 11 is 6.29. The van der Waals surface area contributed by atoms with E-state index in [1.807, 2.05) is 37.3 Å². The van der Waals surface area contributed by atoms with Crippen LogP contribution in [0.2, 0.25) is 5.02 Å². The standard InChI is InChI=1S/C17H17ClN4O2/c1-11(17-21-12(2)22-24-17)20-13-6-7-16(15(18)9-13)23-10-14-5-3-4-8-19-14/h3-9,11,20H,10H2,1-2H3/t11-/m1/s1. The number of aromatic nitrogens is 3. The van der Waals surface area contributed by atoms with Crippen molar-refractivity contribution in [3.8, 4) is 5.75 Å². The van der Waals surface area contributed by atoms with Gasteiger partial charge in [-0.15, -0.1) is 0 Å². The molecule has 2 heterocycles. The normalized spacial score (nSPS) is 12.0. The Balaban J connectivity index is 1.64. The van der Waals surface area contributed by atoms with E-state index in [4.69, 9.17) is 20.9 Å². The largest absolute Gasteiger partial charge is 0.486 e. The molecular formula is C17H17ClN4O2. The number of hydrogen-bond donors (Lipinski definition) is 1. The lowest BCUT2D eigenvalue weighted by Crippen LogP contribution is -2.07. The topological polar surface area (TPSA) is 73.1 Å². The van der Waals surface area contributed by atoms with E-state index in [1.54, 1.807) is 19.2 Å². The van der Waals surface area contributed by atoms with Gasteiger partial charge in [0.15, 0.2) is 5.82 Å². The average Bonchev–Trinajstić information content (AvgIpc) is 3.02. The second-order valence-electron chi connectivity index (χ2n) is 5.30. The van der Waals surface area contributed by atoms with Crippen LogP contribution >= 0.6 is 11.6 Å². The van der Waals surface area contributed by atoms with Gasteiger partial charge < -0.3 is 14.6 Å². The molecule has 0 aliphatic heterocycles. The summed E-state index contributed by atoms with van der Waals surface area (Å²) in [5, 5.41) is 7.57. The van der Waals surface area contributed by atoms with E-state index in [1.165, 1.54) is 0 Å². The van der Waals surface area contributed by atoms with Crippen molar-refractivity contribution in [2.45, 2.75) is 26.5 Å². The quantitative estimate of drug-likeness (QED) is 0.723. The van der Waals surface area contributed by atoms with Crippen LogP contribution in [0.25, 0.3) is 0 Å². The zero-order chi connectivity index (χ0) is 16.9. The molecular weight excluding hydrogens is 328 g/mol. The molecule has 0 bridgehead atoms. The number of ether oxygens (including phenoxy) is 1. The molecule has 0 saturated carbocycles. The Bertz CT molecular complexity index is 807. The molecule has 6 nitrogen and oxygen atoms in total. The lowest BCUT2D eigenvalue weighted by molar-refractivity contribution is 0.301. The second kappa shape index (κ2) is 7.31. The highest BCUT2D eigenvalue weighted by Crippen LogP contribution is 2.29. The maximum Gasteiger partial charge on any atom is 0.248 e. The summed E-state index contributed by atoms with van der Waals surface area (Å²) in [7, 11) is 0. The number of pyridine rings is 1. The predicted molar refractivity (Wildman–Crippen MR) is 91.1 cm³/mol. The molecule has 0 spiro atoms. The average molecular weight is 345 g/mol. The highest BCUT2D eigenvalue weighted by atomic mass is 35.5. The van der Waals surface area contributed by atoms with E-state index >= 15 is 0 Å². The van der Waals surface area contributed by atoms with Crippen LogP contribution in [0.3, 0.4) is 0 Å². The van der Waals surface area contributed by atoms with Crippen LogP contribution in [0.5, 0.6) is 5.75 Å². The number of benzene rings is 1. The van der Waals surface area contributed by atoms with E-state index in [0.29, 0.717) is 29.1 Å². The number of anilines is 1. The Morgan fingerprint density at radius 3 is 2.83 bits per heavy atom. The summed E-state index contributed by atoms with van der Waals surface area (Å²) in [6, 6.07) is 11.1. The summed E-state index contributed by atoms with van der Waals surface area (Å²) in [5.74, 6) is 1.74. The molecule has 0 unspecified atom stereocenters. The van der Waals surface area contributed by atoms with Gasteiger partial charge in [0, 0.05) is 11.9 Å². The first-order valence-electron chi connectivity index (χ1n) is 7.51. The Morgan fingerprint density at radius 1 is 1.29 bits per heavy atom. The van der Waals surface area contributed by atoms with Gasteiger partial charge in [0.25, 0.3) is 0 Å². The van der Waals surface area contributed by atoms with Crippen molar-refractivity contribution in [3.05, 3.63) is 65.0 Å². The van der Waals surface area contributed by atoms with E-state index < -0.39 is 0 Å². The van der Waals surface area contributed by atoms with Gasteiger partial charge in [-0.1, -0.05) is 22.8 Å². The third kappa shape index (κ3) is 4.02. The van der Waals surface area contributed by atoms with Crippen molar-refractivity contribution >= 4 is 17.3 Å². The first-order valence-corrected chi connectivity index (χ1v) is 7.88. The molecule has 24 heavy (non-hydrogen) atoms. The molecule has 0 aliphatic rings. The lowest BCUT2D eigenvalue weighted by Gasteiger charge is -2.13. The highest BCUT2D eigenvalue weighted by molar-refractivity contribution is 6.32. The monoisotopic (exact) mass is 344 g/mol. The fraction of sp³-hybridized carbons (Fsp3) is 0.235. The Hall–Kier alpha value is -2.60. The SMILES string of the molecule is Cc1noc([C@@H](C)Nc2ccc(OCc3ccccn3)c(Cl)c2)n1. The van der Waals surface area contributed by atoms with Gasteiger partial charge >= 0.3 is 0 Å². The third-order valence-electron chi connectivity index (χ3n) is 3.33. The van der Waals surface area contributed by atoms with Gasteiger partial charge in [-0.3, -0.25) is 4.98 Å². The predicted octanol–water partition coefficient (Wildman–Crippen LogP) is 4.18. The molecule has 0 fully saturated rings. The van der Waals surface area contributed by atoms with E-state index in [9.17, 15) is 0 Å². The molecule has 3 rings (SSSR count). The summed E-state index contributed by atoms with van der Waals surface area (Å²) in [6.45, 7) is 4.08. The van der Waals surface area contributed by atoms with Gasteiger partial charge in [-0.25, -0.2) is 0 Å². The molecule has 3 aromatic rings. The molecule has 0 aliphatic carbocycles. The molecule has 7 heteroatoms. The number of nitrogens with one attached hydrogen (secondary N) is 1. The van der Waals surface area contributed by atoms with Crippen LogP contribution < -0.4 is 10.1 Å². The van der Waals surface area contributed by atoms with Crippen molar-refractivity contribution in [2.24, 2.45) is 0 Å². The molecule has 0 saturated heterocycles. The van der Waals surface area contributed by atoms with Crippen LogP contribution in [-0.4, -0.2) is 15.1 Å². The van der Waals surface area contributed by atoms with Gasteiger partial charge in [0.2, 0.25) is 5.89 Å². The van der Waals surface area contributed by atoms with E-state index in [2.05, 4.69) is 20.4 Å². The van der Waals surface area contributed by atoms with Gasteiger partial charge in [0.05, 0.1) is 10.7 Å². The third-order valence-corrected chi connectivity index (χ3v) is 3.63. The first kappa shape index (κ1) is 16.3. The lowest BCUT2D eigenvalue weighted by atomic mass is 10.2. The number of aryl methyl sites for hydroxylation is 1. The van der Waals surface area contributed by atoms with Gasteiger partial charge in [-0.05, 0) is 44.2 Å². The van der Waals surface area contributed by atoms with Crippen LogP contribution in [0.1, 0.15) is 30.4 Å². The summed E-state index contributed by atoms with van der Waals surface area (Å²) in [5.41, 5.74) is 1.68. The highest BCUT2D eigenvalue weighted by Gasteiger charge is 2.13. The number of nitrogens with zero attached hydrogens (tertiary/aromatic N) is 3. The van der Waals surface area contributed by atoms with Gasteiger partial charge in [0.1, 0.15) is 18.4 Å². The molecule has 1 N–H and O–H groups in total. The maximum absolute atomic E-state index is 6.29. The molecule has 0 radical (unpaired) electrons. The van der Waals surface area contributed by atoms with Crippen LogP contribution in [-0.2, 0) is 6.61 Å². The van der Waals surface area contributed by atoms with Crippen molar-refractivity contribution in [1.29, 1.82) is 0 Å². The zero-order valence-corrected chi connectivity index (χ0v) is 14.1. The molecule has 124 valence electrons. The molecule has 2 aromatic heterocycles. The Kier molecular flexibility index (Phi) is 4.96. The fourth-order valence-electron chi connectivity index (χ4n) is 2.14. The van der Waals surface area contributed by atoms with Crippen LogP contribution in [0, 0.1) is 6.92 Å². The molecule has 1 aromatic carbocycles. The minimum absolute atomic E-state index is 0.123. The van der Waals surface area contributed by atoms with Crippen molar-refractivity contribution < 1.29 is 9.26 Å². The number of hydrogen-bond acceptors (Lipinski definition) is 6. The number of rotatable bonds is 6.